The number of nitrogens with two attached hydrogens (primary N) is 2. The summed E-state index contributed by atoms with van der Waals surface area (Å²) in [6.45, 7) is 22.3. The zero-order valence-corrected chi connectivity index (χ0v) is 75.7. The number of anilines is 4. The van der Waals surface area contributed by atoms with Gasteiger partial charge in [0.25, 0.3) is 0 Å². The average molecular weight is 1780 g/mol. The van der Waals surface area contributed by atoms with Gasteiger partial charge >= 0.3 is 0 Å². The largest absolute Gasteiger partial charge is 0.455 e. The number of thiocarbonyl (C=S) groups is 1. The molecule has 0 atom stereocenters. The van der Waals surface area contributed by atoms with Crippen LogP contribution >= 0.6 is 24.4 Å². The van der Waals surface area contributed by atoms with Crippen LogP contribution in [0.15, 0.2) is 224 Å². The fourth-order valence-electron chi connectivity index (χ4n) is 16.2. The topological polar surface area (TPSA) is 282 Å². The third-order valence-electron chi connectivity index (χ3n) is 22.6. The summed E-state index contributed by atoms with van der Waals surface area (Å²) < 4.78 is 24.8. The number of ketones is 4. The number of aromatic nitrogens is 2. The summed E-state index contributed by atoms with van der Waals surface area (Å²) in [6, 6.07) is 74.1. The van der Waals surface area contributed by atoms with Crippen molar-refractivity contribution in [1.29, 1.82) is 0 Å². The predicted molar refractivity (Wildman–Crippen MR) is 512 cm³/mol. The molecule has 0 aliphatic carbocycles. The number of para-hydroxylation sites is 12. The molecule has 7 fully saturated rings. The van der Waals surface area contributed by atoms with Crippen molar-refractivity contribution in [3.8, 4) is 46.0 Å². The van der Waals surface area contributed by atoms with Crippen molar-refractivity contribution in [2.24, 2.45) is 11.5 Å². The second-order valence-electron chi connectivity index (χ2n) is 32.7. The molecule has 0 bridgehead atoms. The Morgan fingerprint density at radius 2 is 0.672 bits per heavy atom. The lowest BCUT2D eigenvalue weighted by Crippen LogP contribution is -2.48. The minimum atomic E-state index is -0.161. The fourth-order valence-corrected chi connectivity index (χ4v) is 16.4. The molecule has 16 rings (SSSR count). The van der Waals surface area contributed by atoms with E-state index in [1.165, 1.54) is 12.6 Å². The van der Waals surface area contributed by atoms with Gasteiger partial charge in [0.1, 0.15) is 34.6 Å². The Morgan fingerprint density at radius 3 is 1.05 bits per heavy atom. The van der Waals surface area contributed by atoms with Gasteiger partial charge in [0, 0.05) is 156 Å². The number of carbonyl (C=O) groups is 7. The number of aromatic amines is 1. The number of nitrogens with zero attached hydrogens (tertiary/aromatic N) is 11. The lowest BCUT2D eigenvalue weighted by molar-refractivity contribution is -0.136. The Hall–Kier alpha value is -11.9. The first-order valence-corrected chi connectivity index (χ1v) is 45.8. The molecule has 128 heavy (non-hydrogen) atoms. The van der Waals surface area contributed by atoms with Crippen molar-refractivity contribution in [1.82, 2.24) is 44.7 Å². The van der Waals surface area contributed by atoms with Gasteiger partial charge in [-0.25, -0.2) is 4.98 Å². The molecular weight excluding hydrogens is 1650 g/mol. The number of amides is 3. The summed E-state index contributed by atoms with van der Waals surface area (Å²) in [6.07, 6.45) is 10.8. The molecule has 678 valence electrons. The third-order valence-corrected chi connectivity index (χ3v) is 22.8. The monoisotopic (exact) mass is 1780 g/mol. The second-order valence-corrected chi connectivity index (χ2v) is 33.6. The Kier molecular flexibility index (Phi) is 39.6. The number of Topliss-reactive ketones (excluding diaryl/α,β-unsaturated/α-hetero) is 4. The molecule has 26 nitrogen and oxygen atoms in total. The number of rotatable bonds is 26. The number of nitrogens with one attached hydrogen (secondary N) is 2. The molecule has 1 aromatic heterocycles. The van der Waals surface area contributed by atoms with Gasteiger partial charge in [0.15, 0.2) is 44.4 Å². The van der Waals surface area contributed by atoms with Crippen LogP contribution in [-0.4, -0.2) is 236 Å². The zero-order chi connectivity index (χ0) is 90.0. The van der Waals surface area contributed by atoms with Gasteiger partial charge in [-0.05, 0) is 180 Å². The van der Waals surface area contributed by atoms with Crippen molar-refractivity contribution >= 4 is 93.2 Å². The highest BCUT2D eigenvalue weighted by Gasteiger charge is 2.28. The highest BCUT2D eigenvalue weighted by molar-refractivity contribution is 7.80. The summed E-state index contributed by atoms with van der Waals surface area (Å²) in [4.78, 5) is 112. The van der Waals surface area contributed by atoms with E-state index in [1.54, 1.807) is 16.7 Å². The van der Waals surface area contributed by atoms with Crippen LogP contribution < -0.4 is 55.3 Å². The van der Waals surface area contributed by atoms with Gasteiger partial charge < -0.3 is 75.0 Å². The van der Waals surface area contributed by atoms with E-state index in [2.05, 4.69) is 116 Å². The summed E-state index contributed by atoms with van der Waals surface area (Å²) in [5.74, 6) is 7.32. The van der Waals surface area contributed by atoms with Gasteiger partial charge in [0.05, 0.1) is 67.6 Å². The second kappa shape index (κ2) is 52.4. The molecule has 0 saturated carbocycles. The van der Waals surface area contributed by atoms with Crippen LogP contribution in [0, 0.1) is 4.77 Å². The lowest BCUT2D eigenvalue weighted by Gasteiger charge is -2.36. The van der Waals surface area contributed by atoms with Crippen molar-refractivity contribution in [2.45, 2.75) is 110 Å². The number of likely N-dealkylation sites (tertiary alicyclic amines) is 3. The van der Waals surface area contributed by atoms with Crippen LogP contribution in [0.5, 0.6) is 46.0 Å². The Morgan fingerprint density at radius 1 is 0.359 bits per heavy atom. The number of benzene rings is 8. The van der Waals surface area contributed by atoms with E-state index in [1.807, 2.05) is 187 Å². The van der Waals surface area contributed by atoms with Crippen LogP contribution in [-0.2, 0) is 46.7 Å². The quantitative estimate of drug-likeness (QED) is 0.0289. The van der Waals surface area contributed by atoms with E-state index >= 15 is 0 Å². The number of carbonyl (C=O) groups excluding carboxylic acids is 7. The van der Waals surface area contributed by atoms with E-state index in [0.29, 0.717) is 50.2 Å². The first-order chi connectivity index (χ1) is 62.3. The van der Waals surface area contributed by atoms with Crippen molar-refractivity contribution in [3.05, 3.63) is 241 Å². The summed E-state index contributed by atoms with van der Waals surface area (Å²) >= 11 is 9.51. The number of H-pyrrole nitrogens is 1. The zero-order valence-electron chi connectivity index (χ0n) is 74.1. The number of hydrogen-bond acceptors (Lipinski definition) is 22. The number of hydrogen-bond donors (Lipinski definition) is 4. The summed E-state index contributed by atoms with van der Waals surface area (Å²) in [7, 11) is 0. The van der Waals surface area contributed by atoms with Gasteiger partial charge in [0.2, 0.25) is 17.7 Å². The molecule has 0 radical (unpaired) electrons. The standard InChI is InChI=1S/C28H33N5O2S.C27H33N3O4.C19H22N2O2.C16H18N2O.C9H15NO2.CH4N2S/c34-27-13-5-2-8-14-33(27)21-23-19-22(29-28(36)30-23)20-31-15-17-32(18-16-31)25-11-6-7-12-26(25)35-24-9-3-1-4-10-24;31-22(19-23(32)21-30-14-8-2-5-13-27(30)33)20-28-15-17-29(18-16-28)25-11-6-7-12-26(25)34-24-9-3-1-4-10-24;1-16(22)15-20-11-13-21(14-12-20)18-9-5-6-10-19(18)23-17-7-3-2-4-8-17;1-2-6-14(7-3-1)19-16-9-5-4-8-15(16)18-12-10-17-11-13-18;1-8(11)7-10-6-4-2-3-5-9(10)12;2-1(3)4/h1,3-4,6-7,9-12,19H,2,5,8,13-18,20-21H2,(H,29,30,36);1,3-4,6-7,9-12H,2,5,8,13-21H2;2-10H,11-15H2,1H3;1-9,17H,10-13H2;2-7H2,1H3;(H4,2,3,4). The minimum absolute atomic E-state index is 0.000000000000000222. The van der Waals surface area contributed by atoms with Crippen molar-refractivity contribution < 1.29 is 52.5 Å². The van der Waals surface area contributed by atoms with E-state index < -0.39 is 0 Å². The van der Waals surface area contributed by atoms with Gasteiger partial charge in [-0.1, -0.05) is 141 Å². The van der Waals surface area contributed by atoms with Crippen LogP contribution in [0.2, 0.25) is 0 Å². The summed E-state index contributed by atoms with van der Waals surface area (Å²) in [5, 5.41) is 3.37. The van der Waals surface area contributed by atoms with Crippen LogP contribution in [0.3, 0.4) is 0 Å². The Balaban J connectivity index is 0.000000159. The van der Waals surface area contributed by atoms with Gasteiger partial charge in [-0.2, -0.15) is 0 Å². The highest BCUT2D eigenvalue weighted by Crippen LogP contribution is 2.37. The maximum atomic E-state index is 12.5. The molecule has 0 spiro atoms. The molecule has 6 N–H and O–H groups in total. The Bertz CT molecular complexity index is 5030. The summed E-state index contributed by atoms with van der Waals surface area (Å²) in [5.41, 5.74) is 15.6. The SMILES string of the molecule is CC(=O)CN1CCCCCC1=O.CC(=O)CN1CCN(c2ccccc2Oc2ccccc2)CC1.NC(N)=S.O=C(CC(=O)CN1CCCCCC1=O)CN1CCN(c2ccccc2Oc2ccccc2)CC1.O=C1CCCCCN1Cc1cc(CN2CCN(c3ccccc3Oc3ccccc3)CC2)nc(=S)[nH]1.c1ccc(Oc2ccccc2N2CCNCC2)cc1. The molecule has 8 heterocycles. The van der Waals surface area contributed by atoms with Gasteiger partial charge in [-0.15, -0.1) is 0 Å². The maximum Gasteiger partial charge on any atom is 0.222 e. The van der Waals surface area contributed by atoms with E-state index in [9.17, 15) is 33.6 Å². The molecule has 9 aromatic rings. The molecule has 7 saturated heterocycles. The molecular formula is C100H125N15O11S2. The number of piperazine rings is 4. The van der Waals surface area contributed by atoms with Gasteiger partial charge in [-0.3, -0.25) is 48.3 Å². The number of ether oxygens (including phenoxy) is 4. The van der Waals surface area contributed by atoms with Crippen molar-refractivity contribution in [3.63, 3.8) is 0 Å². The molecule has 7 aliphatic heterocycles. The normalized spacial score (nSPS) is 16.5. The molecule has 28 heteroatoms. The average Bonchev–Trinajstić information content (AvgIpc) is 1.03. The molecule has 3 amide bonds. The first kappa shape index (κ1) is 96.7. The Labute approximate surface area is 764 Å². The van der Waals surface area contributed by atoms with E-state index in [-0.39, 0.29) is 65.5 Å². The molecule has 8 aromatic carbocycles. The minimum Gasteiger partial charge on any atom is -0.455 e. The molecule has 0 unspecified atom stereocenters. The van der Waals surface area contributed by atoms with Crippen LogP contribution in [0.1, 0.15) is 109 Å². The smallest absolute Gasteiger partial charge is 0.222 e. The highest BCUT2D eigenvalue weighted by atomic mass is 32.1. The molecule has 7 aliphatic rings. The first-order valence-electron chi connectivity index (χ1n) is 45.0. The van der Waals surface area contributed by atoms with E-state index in [4.69, 9.17) is 31.2 Å². The maximum absolute atomic E-state index is 12.5. The van der Waals surface area contributed by atoms with Crippen molar-refractivity contribution in [2.75, 3.05) is 170 Å². The van der Waals surface area contributed by atoms with E-state index in [0.717, 1.165) is 257 Å². The fraction of sp³-hybridized carbons (Fsp3) is 0.400. The predicted octanol–water partition coefficient (Wildman–Crippen LogP) is 14.9. The lowest BCUT2D eigenvalue weighted by atomic mass is 10.1. The van der Waals surface area contributed by atoms with Crippen LogP contribution in [0.4, 0.5) is 22.7 Å². The van der Waals surface area contributed by atoms with Crippen LogP contribution in [0.25, 0.3) is 0 Å². The third kappa shape index (κ3) is 33.1.